The second kappa shape index (κ2) is 9.55. The Morgan fingerprint density at radius 1 is 0.690 bits per heavy atom. The van der Waals surface area contributed by atoms with Crippen LogP contribution in [0.3, 0.4) is 0 Å². The Bertz CT molecular complexity index is 981. The molecule has 0 unspecified atom stereocenters. The molecule has 5 nitrogen and oxygen atoms in total. The van der Waals surface area contributed by atoms with Crippen molar-refractivity contribution in [2.24, 2.45) is 0 Å². The third-order valence-electron chi connectivity index (χ3n) is 4.50. The molecule has 0 spiro atoms. The van der Waals surface area contributed by atoms with E-state index in [9.17, 15) is 9.59 Å². The van der Waals surface area contributed by atoms with Gasteiger partial charge < -0.3 is 14.4 Å². The number of benzene rings is 3. The molecule has 0 saturated carbocycles. The summed E-state index contributed by atoms with van der Waals surface area (Å²) in [6.07, 6.45) is -0.416. The van der Waals surface area contributed by atoms with Crippen molar-refractivity contribution in [3.8, 4) is 22.6 Å². The van der Waals surface area contributed by atoms with E-state index in [-0.39, 0.29) is 0 Å². The van der Waals surface area contributed by atoms with Gasteiger partial charge >= 0.3 is 12.1 Å². The predicted molar refractivity (Wildman–Crippen MR) is 112 cm³/mol. The first-order valence-corrected chi connectivity index (χ1v) is 9.56. The SMILES string of the molecule is CCN(CC)C(=O)Oc1ccccc1-c1ccccc1OC(=O)c1ccccc1. The average Bonchev–Trinajstić information content (AvgIpc) is 2.76. The number of carbonyl (C=O) groups is 2. The topological polar surface area (TPSA) is 55.8 Å². The molecule has 0 aromatic heterocycles. The Morgan fingerprint density at radius 2 is 1.17 bits per heavy atom. The molecule has 3 aromatic carbocycles. The first-order valence-electron chi connectivity index (χ1n) is 9.56. The summed E-state index contributed by atoms with van der Waals surface area (Å²) < 4.78 is 11.3. The van der Waals surface area contributed by atoms with E-state index in [1.165, 1.54) is 0 Å². The summed E-state index contributed by atoms with van der Waals surface area (Å²) in [7, 11) is 0. The first-order chi connectivity index (χ1) is 14.1. The Hall–Kier alpha value is -3.60. The molecule has 5 heteroatoms. The Labute approximate surface area is 170 Å². The number of para-hydroxylation sites is 2. The maximum absolute atomic E-state index is 12.5. The number of rotatable bonds is 6. The number of nitrogens with zero attached hydrogens (tertiary/aromatic N) is 1. The molecule has 0 N–H and O–H groups in total. The molecule has 0 bridgehead atoms. The van der Waals surface area contributed by atoms with Crippen LogP contribution in [0.4, 0.5) is 4.79 Å². The van der Waals surface area contributed by atoms with Crippen molar-refractivity contribution in [3.63, 3.8) is 0 Å². The lowest BCUT2D eigenvalue weighted by Crippen LogP contribution is -2.33. The number of amides is 1. The van der Waals surface area contributed by atoms with Gasteiger partial charge in [-0.2, -0.15) is 0 Å². The largest absolute Gasteiger partial charge is 0.422 e. The maximum atomic E-state index is 12.5. The molecule has 0 fully saturated rings. The van der Waals surface area contributed by atoms with Crippen molar-refractivity contribution >= 4 is 12.1 Å². The van der Waals surface area contributed by atoms with E-state index < -0.39 is 12.1 Å². The predicted octanol–water partition coefficient (Wildman–Crippen LogP) is 5.41. The molecule has 0 radical (unpaired) electrons. The van der Waals surface area contributed by atoms with E-state index in [0.717, 1.165) is 0 Å². The molecule has 0 aliphatic heterocycles. The van der Waals surface area contributed by atoms with Gasteiger partial charge in [-0.05, 0) is 38.1 Å². The van der Waals surface area contributed by atoms with E-state index in [2.05, 4.69) is 0 Å². The molecular weight excluding hydrogens is 366 g/mol. The molecule has 0 aliphatic rings. The lowest BCUT2D eigenvalue weighted by Gasteiger charge is -2.19. The fraction of sp³-hybridized carbons (Fsp3) is 0.167. The summed E-state index contributed by atoms with van der Waals surface area (Å²) in [5, 5.41) is 0. The number of esters is 1. The monoisotopic (exact) mass is 389 g/mol. The quantitative estimate of drug-likeness (QED) is 0.418. The summed E-state index contributed by atoms with van der Waals surface area (Å²) in [6.45, 7) is 4.91. The van der Waals surface area contributed by atoms with Crippen LogP contribution in [0.15, 0.2) is 78.9 Å². The smallest absolute Gasteiger partial charge is 0.415 e. The Balaban J connectivity index is 1.92. The minimum Gasteiger partial charge on any atom is -0.422 e. The van der Waals surface area contributed by atoms with Crippen LogP contribution in [-0.2, 0) is 0 Å². The van der Waals surface area contributed by atoms with Crippen LogP contribution >= 0.6 is 0 Å². The van der Waals surface area contributed by atoms with Gasteiger partial charge in [0.2, 0.25) is 0 Å². The van der Waals surface area contributed by atoms with E-state index in [4.69, 9.17) is 9.47 Å². The average molecular weight is 389 g/mol. The zero-order valence-corrected chi connectivity index (χ0v) is 16.5. The molecular formula is C24H23NO4. The van der Waals surface area contributed by atoms with Crippen molar-refractivity contribution in [1.29, 1.82) is 0 Å². The van der Waals surface area contributed by atoms with Gasteiger partial charge in [0.15, 0.2) is 0 Å². The third-order valence-corrected chi connectivity index (χ3v) is 4.50. The summed E-state index contributed by atoms with van der Waals surface area (Å²) in [5.74, 6) is 0.357. The summed E-state index contributed by atoms with van der Waals surface area (Å²) in [4.78, 5) is 26.5. The minimum absolute atomic E-state index is 0.396. The zero-order chi connectivity index (χ0) is 20.6. The fourth-order valence-electron chi connectivity index (χ4n) is 2.93. The number of hydrogen-bond acceptors (Lipinski definition) is 4. The van der Waals surface area contributed by atoms with Crippen LogP contribution in [0.25, 0.3) is 11.1 Å². The highest BCUT2D eigenvalue weighted by Crippen LogP contribution is 2.36. The summed E-state index contributed by atoms with van der Waals surface area (Å²) in [6, 6.07) is 23.2. The van der Waals surface area contributed by atoms with Gasteiger partial charge in [-0.3, -0.25) is 0 Å². The minimum atomic E-state index is -0.448. The van der Waals surface area contributed by atoms with Crippen LogP contribution in [0.2, 0.25) is 0 Å². The van der Waals surface area contributed by atoms with Crippen LogP contribution in [-0.4, -0.2) is 30.1 Å². The van der Waals surface area contributed by atoms with Crippen molar-refractivity contribution in [3.05, 3.63) is 84.4 Å². The number of carbonyl (C=O) groups excluding carboxylic acids is 2. The highest BCUT2D eigenvalue weighted by molar-refractivity contribution is 5.92. The van der Waals surface area contributed by atoms with Gasteiger partial charge in [-0.1, -0.05) is 54.6 Å². The molecule has 0 atom stereocenters. The van der Waals surface area contributed by atoms with Crippen LogP contribution < -0.4 is 9.47 Å². The van der Waals surface area contributed by atoms with E-state index in [0.29, 0.717) is 41.3 Å². The lowest BCUT2D eigenvalue weighted by atomic mass is 10.0. The van der Waals surface area contributed by atoms with Gasteiger partial charge in [0, 0.05) is 24.2 Å². The second-order valence-corrected chi connectivity index (χ2v) is 6.29. The van der Waals surface area contributed by atoms with Crippen molar-refractivity contribution in [2.75, 3.05) is 13.1 Å². The molecule has 3 aromatic rings. The van der Waals surface area contributed by atoms with Crippen LogP contribution in [0, 0.1) is 0 Å². The molecule has 148 valence electrons. The molecule has 0 aliphatic carbocycles. The maximum Gasteiger partial charge on any atom is 0.415 e. The zero-order valence-electron chi connectivity index (χ0n) is 16.5. The summed E-state index contributed by atoms with van der Waals surface area (Å²) >= 11 is 0. The second-order valence-electron chi connectivity index (χ2n) is 6.29. The highest BCUT2D eigenvalue weighted by Gasteiger charge is 2.18. The molecule has 0 heterocycles. The van der Waals surface area contributed by atoms with Crippen LogP contribution in [0.1, 0.15) is 24.2 Å². The standard InChI is InChI=1S/C24H23NO4/c1-3-25(4-2)24(27)29-22-17-11-9-15-20(22)19-14-8-10-16-21(19)28-23(26)18-12-6-5-7-13-18/h5-17H,3-4H2,1-2H3. The molecule has 3 rings (SSSR count). The fourth-order valence-corrected chi connectivity index (χ4v) is 2.93. The lowest BCUT2D eigenvalue weighted by molar-refractivity contribution is 0.0735. The van der Waals surface area contributed by atoms with Crippen molar-refractivity contribution < 1.29 is 19.1 Å². The van der Waals surface area contributed by atoms with Crippen LogP contribution in [0.5, 0.6) is 11.5 Å². The molecule has 29 heavy (non-hydrogen) atoms. The highest BCUT2D eigenvalue weighted by atomic mass is 16.6. The van der Waals surface area contributed by atoms with E-state index >= 15 is 0 Å². The summed E-state index contributed by atoms with van der Waals surface area (Å²) in [5.41, 5.74) is 1.80. The van der Waals surface area contributed by atoms with E-state index in [1.54, 1.807) is 53.4 Å². The van der Waals surface area contributed by atoms with Gasteiger partial charge in [0.1, 0.15) is 11.5 Å². The first kappa shape index (κ1) is 20.1. The van der Waals surface area contributed by atoms with Gasteiger partial charge in [0.25, 0.3) is 0 Å². The van der Waals surface area contributed by atoms with Gasteiger partial charge in [0.05, 0.1) is 5.56 Å². The van der Waals surface area contributed by atoms with E-state index in [1.807, 2.05) is 44.2 Å². The van der Waals surface area contributed by atoms with Gasteiger partial charge in [-0.15, -0.1) is 0 Å². The number of ether oxygens (including phenoxy) is 2. The molecule has 1 amide bonds. The Kier molecular flexibility index (Phi) is 6.63. The Morgan fingerprint density at radius 3 is 1.72 bits per heavy atom. The van der Waals surface area contributed by atoms with Crippen molar-refractivity contribution in [1.82, 2.24) is 4.90 Å². The normalized spacial score (nSPS) is 10.3. The van der Waals surface area contributed by atoms with Gasteiger partial charge in [-0.25, -0.2) is 9.59 Å². The molecule has 0 saturated heterocycles. The third kappa shape index (κ3) is 4.82. The number of hydrogen-bond donors (Lipinski definition) is 0. The van der Waals surface area contributed by atoms with Crippen molar-refractivity contribution in [2.45, 2.75) is 13.8 Å².